The number of nitrogen functional groups attached to an aromatic ring is 1. The third-order valence-electron chi connectivity index (χ3n) is 3.17. The van der Waals surface area contributed by atoms with Crippen LogP contribution < -0.4 is 15.8 Å². The first-order valence-corrected chi connectivity index (χ1v) is 6.41. The number of carbonyl (C=O) groups excluding carboxylic acids is 1. The van der Waals surface area contributed by atoms with E-state index >= 15 is 0 Å². The summed E-state index contributed by atoms with van der Waals surface area (Å²) in [5, 5.41) is 2.86. The van der Waals surface area contributed by atoms with Crippen LogP contribution in [0.2, 0.25) is 0 Å². The Morgan fingerprint density at radius 2 is 1.90 bits per heavy atom. The van der Waals surface area contributed by atoms with Gasteiger partial charge in [0.25, 0.3) is 0 Å². The van der Waals surface area contributed by atoms with Crippen molar-refractivity contribution >= 4 is 17.3 Å². The third kappa shape index (κ3) is 3.09. The largest absolute Gasteiger partial charge is 0.495 e. The van der Waals surface area contributed by atoms with Crippen LogP contribution in [0, 0.1) is 0 Å². The SMILES string of the molecule is COc1ccc(N)cc1NC(=O)C(C)c1ccccc1. The molecule has 1 amide bonds. The molecule has 1 atom stereocenters. The summed E-state index contributed by atoms with van der Waals surface area (Å²) in [4.78, 5) is 12.3. The van der Waals surface area contributed by atoms with E-state index in [4.69, 9.17) is 10.5 Å². The quantitative estimate of drug-likeness (QED) is 0.839. The fraction of sp³-hybridized carbons (Fsp3) is 0.188. The summed E-state index contributed by atoms with van der Waals surface area (Å²) in [6.45, 7) is 1.86. The van der Waals surface area contributed by atoms with Crippen molar-refractivity contribution in [2.45, 2.75) is 12.8 Å². The van der Waals surface area contributed by atoms with Gasteiger partial charge in [-0.3, -0.25) is 4.79 Å². The molecule has 2 aromatic rings. The number of nitrogens with one attached hydrogen (secondary N) is 1. The number of amides is 1. The summed E-state index contributed by atoms with van der Waals surface area (Å²) in [5.74, 6) is 0.246. The first kappa shape index (κ1) is 13.9. The molecular formula is C16H18N2O2. The molecule has 104 valence electrons. The Bertz CT molecular complexity index is 597. The molecule has 4 heteroatoms. The molecule has 20 heavy (non-hydrogen) atoms. The lowest BCUT2D eigenvalue weighted by Crippen LogP contribution is -2.19. The Labute approximate surface area is 118 Å². The smallest absolute Gasteiger partial charge is 0.231 e. The number of hydrogen-bond donors (Lipinski definition) is 2. The van der Waals surface area contributed by atoms with E-state index in [9.17, 15) is 4.79 Å². The van der Waals surface area contributed by atoms with Crippen molar-refractivity contribution in [2.24, 2.45) is 0 Å². The molecule has 2 aromatic carbocycles. The predicted molar refractivity (Wildman–Crippen MR) is 80.9 cm³/mol. The Morgan fingerprint density at radius 3 is 2.55 bits per heavy atom. The van der Waals surface area contributed by atoms with E-state index in [0.29, 0.717) is 17.1 Å². The van der Waals surface area contributed by atoms with Crippen molar-refractivity contribution in [3.63, 3.8) is 0 Å². The average Bonchev–Trinajstić information content (AvgIpc) is 2.47. The van der Waals surface area contributed by atoms with Crippen molar-refractivity contribution in [2.75, 3.05) is 18.2 Å². The van der Waals surface area contributed by atoms with Crippen LogP contribution in [0.25, 0.3) is 0 Å². The molecule has 0 heterocycles. The van der Waals surface area contributed by atoms with E-state index in [1.807, 2.05) is 37.3 Å². The number of hydrogen-bond acceptors (Lipinski definition) is 3. The maximum Gasteiger partial charge on any atom is 0.231 e. The second-order valence-corrected chi connectivity index (χ2v) is 4.58. The van der Waals surface area contributed by atoms with Crippen molar-refractivity contribution in [1.29, 1.82) is 0 Å². The van der Waals surface area contributed by atoms with Crippen LogP contribution >= 0.6 is 0 Å². The van der Waals surface area contributed by atoms with Gasteiger partial charge in [0.05, 0.1) is 18.7 Å². The monoisotopic (exact) mass is 270 g/mol. The van der Waals surface area contributed by atoms with E-state index in [-0.39, 0.29) is 11.8 Å². The van der Waals surface area contributed by atoms with E-state index in [0.717, 1.165) is 5.56 Å². The summed E-state index contributed by atoms with van der Waals surface area (Å²) in [7, 11) is 1.56. The molecule has 0 radical (unpaired) electrons. The second kappa shape index (κ2) is 6.10. The predicted octanol–water partition coefficient (Wildman–Crippen LogP) is 3.02. The number of nitrogens with two attached hydrogens (primary N) is 1. The Balaban J connectivity index is 2.18. The van der Waals surface area contributed by atoms with Gasteiger partial charge in [-0.1, -0.05) is 30.3 Å². The molecule has 0 aliphatic carbocycles. The van der Waals surface area contributed by atoms with Crippen LogP contribution in [0.3, 0.4) is 0 Å². The van der Waals surface area contributed by atoms with Crippen LogP contribution in [0.15, 0.2) is 48.5 Å². The molecule has 3 N–H and O–H groups in total. The van der Waals surface area contributed by atoms with Crippen LogP contribution in [0.4, 0.5) is 11.4 Å². The zero-order chi connectivity index (χ0) is 14.5. The van der Waals surface area contributed by atoms with E-state index < -0.39 is 0 Å². The topological polar surface area (TPSA) is 64.3 Å². The Morgan fingerprint density at radius 1 is 1.20 bits per heavy atom. The van der Waals surface area contributed by atoms with Crippen molar-refractivity contribution < 1.29 is 9.53 Å². The van der Waals surface area contributed by atoms with Gasteiger partial charge in [-0.25, -0.2) is 0 Å². The summed E-state index contributed by atoms with van der Waals surface area (Å²) in [6.07, 6.45) is 0. The van der Waals surface area contributed by atoms with Gasteiger partial charge in [0.2, 0.25) is 5.91 Å². The van der Waals surface area contributed by atoms with Crippen LogP contribution in [-0.4, -0.2) is 13.0 Å². The summed E-state index contributed by atoms with van der Waals surface area (Å²) in [5.41, 5.74) is 7.86. The molecule has 4 nitrogen and oxygen atoms in total. The first-order chi connectivity index (χ1) is 9.61. The third-order valence-corrected chi connectivity index (χ3v) is 3.17. The van der Waals surface area contributed by atoms with E-state index in [1.165, 1.54) is 0 Å². The van der Waals surface area contributed by atoms with Gasteiger partial charge < -0.3 is 15.8 Å². The molecule has 2 rings (SSSR count). The van der Waals surface area contributed by atoms with Gasteiger partial charge >= 0.3 is 0 Å². The fourth-order valence-electron chi connectivity index (χ4n) is 1.96. The minimum absolute atomic E-state index is 0.0971. The zero-order valence-corrected chi connectivity index (χ0v) is 11.6. The van der Waals surface area contributed by atoms with Gasteiger partial charge in [-0.05, 0) is 30.7 Å². The molecule has 0 saturated heterocycles. The fourth-order valence-corrected chi connectivity index (χ4v) is 1.96. The van der Waals surface area contributed by atoms with Gasteiger partial charge in [0.15, 0.2) is 0 Å². The van der Waals surface area contributed by atoms with Crippen LogP contribution in [0.5, 0.6) is 5.75 Å². The number of rotatable bonds is 4. The van der Waals surface area contributed by atoms with Gasteiger partial charge in [0, 0.05) is 5.69 Å². The Hall–Kier alpha value is -2.49. The zero-order valence-electron chi connectivity index (χ0n) is 11.6. The number of ether oxygens (including phenoxy) is 1. The highest BCUT2D eigenvalue weighted by Gasteiger charge is 2.16. The summed E-state index contributed by atoms with van der Waals surface area (Å²) >= 11 is 0. The lowest BCUT2D eigenvalue weighted by molar-refractivity contribution is -0.117. The molecule has 1 unspecified atom stereocenters. The van der Waals surface area contributed by atoms with Crippen LogP contribution in [0.1, 0.15) is 18.4 Å². The maximum absolute atomic E-state index is 12.3. The van der Waals surface area contributed by atoms with E-state index in [2.05, 4.69) is 5.32 Å². The number of carbonyl (C=O) groups is 1. The Kier molecular flexibility index (Phi) is 4.25. The highest BCUT2D eigenvalue weighted by Crippen LogP contribution is 2.28. The van der Waals surface area contributed by atoms with Crippen molar-refractivity contribution in [3.8, 4) is 5.75 Å². The summed E-state index contributed by atoms with van der Waals surface area (Å²) < 4.78 is 5.22. The normalized spacial score (nSPS) is 11.7. The maximum atomic E-state index is 12.3. The molecule has 0 aliphatic heterocycles. The first-order valence-electron chi connectivity index (χ1n) is 6.41. The van der Waals surface area contributed by atoms with Crippen molar-refractivity contribution in [1.82, 2.24) is 0 Å². The number of benzene rings is 2. The standard InChI is InChI=1S/C16H18N2O2/c1-11(12-6-4-3-5-7-12)16(19)18-14-10-13(17)8-9-15(14)20-2/h3-11H,17H2,1-2H3,(H,18,19). The molecule has 0 aliphatic rings. The average molecular weight is 270 g/mol. The summed E-state index contributed by atoms with van der Waals surface area (Å²) in [6, 6.07) is 14.8. The van der Waals surface area contributed by atoms with E-state index in [1.54, 1.807) is 25.3 Å². The lowest BCUT2D eigenvalue weighted by Gasteiger charge is -2.15. The van der Waals surface area contributed by atoms with Crippen LogP contribution in [-0.2, 0) is 4.79 Å². The molecule has 0 fully saturated rings. The molecule has 0 bridgehead atoms. The minimum atomic E-state index is -0.248. The van der Waals surface area contributed by atoms with Crippen molar-refractivity contribution in [3.05, 3.63) is 54.1 Å². The molecule has 0 saturated carbocycles. The lowest BCUT2D eigenvalue weighted by atomic mass is 10.0. The minimum Gasteiger partial charge on any atom is -0.495 e. The second-order valence-electron chi connectivity index (χ2n) is 4.58. The highest BCUT2D eigenvalue weighted by atomic mass is 16.5. The van der Waals surface area contributed by atoms with Gasteiger partial charge in [-0.2, -0.15) is 0 Å². The number of methoxy groups -OCH3 is 1. The molecular weight excluding hydrogens is 252 g/mol. The van der Waals surface area contributed by atoms with Gasteiger partial charge in [-0.15, -0.1) is 0 Å². The number of anilines is 2. The van der Waals surface area contributed by atoms with Gasteiger partial charge in [0.1, 0.15) is 5.75 Å². The highest BCUT2D eigenvalue weighted by molar-refractivity contribution is 5.97. The molecule has 0 spiro atoms. The molecule has 0 aromatic heterocycles.